The van der Waals surface area contributed by atoms with E-state index in [4.69, 9.17) is 16.3 Å². The summed E-state index contributed by atoms with van der Waals surface area (Å²) in [5.41, 5.74) is 1.95. The number of ether oxygens (including phenoxy) is 1. The van der Waals surface area contributed by atoms with Gasteiger partial charge in [-0.1, -0.05) is 61.0 Å². The third-order valence-corrected chi connectivity index (χ3v) is 4.49. The van der Waals surface area contributed by atoms with Crippen LogP contribution >= 0.6 is 11.6 Å². The topological polar surface area (TPSA) is 63.7 Å². The van der Waals surface area contributed by atoms with Gasteiger partial charge in [0.1, 0.15) is 5.03 Å². The van der Waals surface area contributed by atoms with Gasteiger partial charge in [0.05, 0.1) is 24.3 Å². The van der Waals surface area contributed by atoms with E-state index in [0.29, 0.717) is 23.3 Å². The third kappa shape index (κ3) is 3.93. The molecule has 0 spiro atoms. The number of rotatable bonds is 6. The lowest BCUT2D eigenvalue weighted by atomic mass is 10.1. The predicted molar refractivity (Wildman–Crippen MR) is 102 cm³/mol. The molecule has 2 aromatic rings. The second-order valence-corrected chi connectivity index (χ2v) is 6.46. The Morgan fingerprint density at radius 1 is 1.00 bits per heavy atom. The van der Waals surface area contributed by atoms with Crippen molar-refractivity contribution >= 4 is 35.0 Å². The van der Waals surface area contributed by atoms with Gasteiger partial charge < -0.3 is 4.74 Å². The first-order valence-corrected chi connectivity index (χ1v) is 8.98. The van der Waals surface area contributed by atoms with E-state index in [1.54, 1.807) is 48.5 Å². The molecule has 0 aliphatic carbocycles. The van der Waals surface area contributed by atoms with Crippen LogP contribution in [0.25, 0.3) is 5.57 Å². The maximum atomic E-state index is 12.7. The summed E-state index contributed by atoms with van der Waals surface area (Å²) in [4.78, 5) is 38.1. The molecular formula is C21H18ClNO4. The Morgan fingerprint density at radius 3 is 2.30 bits per heavy atom. The lowest BCUT2D eigenvalue weighted by molar-refractivity contribution is -0.137. The first-order valence-electron chi connectivity index (χ1n) is 8.60. The molecular weight excluding hydrogens is 366 g/mol. The van der Waals surface area contributed by atoms with E-state index in [2.05, 4.69) is 0 Å². The summed E-state index contributed by atoms with van der Waals surface area (Å²) in [6.45, 7) is 2.36. The van der Waals surface area contributed by atoms with Crippen LogP contribution in [0.5, 0.6) is 0 Å². The number of amides is 2. The Bertz CT molecular complexity index is 904. The van der Waals surface area contributed by atoms with Crippen molar-refractivity contribution in [1.82, 2.24) is 4.90 Å². The third-order valence-electron chi connectivity index (χ3n) is 4.14. The summed E-state index contributed by atoms with van der Waals surface area (Å²) >= 11 is 6.14. The number of esters is 1. The van der Waals surface area contributed by atoms with E-state index in [-0.39, 0.29) is 17.2 Å². The van der Waals surface area contributed by atoms with Crippen LogP contribution in [0.2, 0.25) is 0 Å². The van der Waals surface area contributed by atoms with E-state index < -0.39 is 17.8 Å². The SMILES string of the molecule is CCCOC(=O)c1ccc(CN2C(=O)C(Cl)=C(c3ccccc3)C2=O)cc1. The summed E-state index contributed by atoms with van der Waals surface area (Å²) in [5, 5.41) is -0.0778. The van der Waals surface area contributed by atoms with Gasteiger partial charge in [0.25, 0.3) is 11.8 Å². The van der Waals surface area contributed by atoms with Crippen LogP contribution in [0.3, 0.4) is 0 Å². The molecule has 0 saturated heterocycles. The van der Waals surface area contributed by atoms with Gasteiger partial charge in [-0.05, 0) is 29.7 Å². The lowest BCUT2D eigenvalue weighted by Crippen LogP contribution is -2.30. The molecule has 3 rings (SSSR count). The van der Waals surface area contributed by atoms with Crippen molar-refractivity contribution in [3.63, 3.8) is 0 Å². The van der Waals surface area contributed by atoms with Crippen LogP contribution in [0.1, 0.15) is 34.8 Å². The Hall–Kier alpha value is -2.92. The molecule has 0 fully saturated rings. The van der Waals surface area contributed by atoms with Crippen molar-refractivity contribution < 1.29 is 19.1 Å². The Morgan fingerprint density at radius 2 is 1.67 bits per heavy atom. The number of hydrogen-bond acceptors (Lipinski definition) is 4. The van der Waals surface area contributed by atoms with Gasteiger partial charge in [-0.25, -0.2) is 4.79 Å². The Balaban J connectivity index is 1.74. The fourth-order valence-electron chi connectivity index (χ4n) is 2.75. The molecule has 0 aromatic heterocycles. The maximum Gasteiger partial charge on any atom is 0.338 e. The van der Waals surface area contributed by atoms with Crippen molar-refractivity contribution in [1.29, 1.82) is 0 Å². The normalized spacial score (nSPS) is 14.1. The fourth-order valence-corrected chi connectivity index (χ4v) is 3.04. The minimum atomic E-state index is -0.521. The molecule has 0 radical (unpaired) electrons. The minimum Gasteiger partial charge on any atom is -0.462 e. The maximum absolute atomic E-state index is 12.7. The molecule has 0 N–H and O–H groups in total. The zero-order valence-corrected chi connectivity index (χ0v) is 15.5. The van der Waals surface area contributed by atoms with Crippen LogP contribution < -0.4 is 0 Å². The number of imide groups is 1. The van der Waals surface area contributed by atoms with Crippen LogP contribution in [-0.2, 0) is 20.9 Å². The smallest absolute Gasteiger partial charge is 0.338 e. The van der Waals surface area contributed by atoms with Crippen molar-refractivity contribution in [3.8, 4) is 0 Å². The largest absolute Gasteiger partial charge is 0.462 e. The first kappa shape index (κ1) is 18.9. The number of nitrogens with zero attached hydrogens (tertiary/aromatic N) is 1. The number of carbonyl (C=O) groups excluding carboxylic acids is 3. The van der Waals surface area contributed by atoms with Crippen molar-refractivity contribution in [2.24, 2.45) is 0 Å². The summed E-state index contributed by atoms with van der Waals surface area (Å²) in [7, 11) is 0. The van der Waals surface area contributed by atoms with Crippen LogP contribution in [0.15, 0.2) is 59.6 Å². The lowest BCUT2D eigenvalue weighted by Gasteiger charge is -2.15. The highest BCUT2D eigenvalue weighted by atomic mass is 35.5. The molecule has 2 aromatic carbocycles. The minimum absolute atomic E-state index is 0.0778. The monoisotopic (exact) mass is 383 g/mol. The predicted octanol–water partition coefficient (Wildman–Crippen LogP) is 3.77. The van der Waals surface area contributed by atoms with Gasteiger partial charge in [-0.15, -0.1) is 0 Å². The van der Waals surface area contributed by atoms with Gasteiger partial charge in [0.2, 0.25) is 0 Å². The van der Waals surface area contributed by atoms with Crippen molar-refractivity contribution in [2.45, 2.75) is 19.9 Å². The highest BCUT2D eigenvalue weighted by Crippen LogP contribution is 2.32. The average Bonchev–Trinajstić information content (AvgIpc) is 2.90. The number of benzene rings is 2. The Kier molecular flexibility index (Phi) is 5.72. The van der Waals surface area contributed by atoms with E-state index >= 15 is 0 Å². The van der Waals surface area contributed by atoms with E-state index in [1.807, 2.05) is 13.0 Å². The summed E-state index contributed by atoms with van der Waals surface area (Å²) in [6.07, 6.45) is 0.751. The molecule has 0 bridgehead atoms. The van der Waals surface area contributed by atoms with E-state index in [1.165, 1.54) is 0 Å². The molecule has 5 nitrogen and oxygen atoms in total. The second-order valence-electron chi connectivity index (χ2n) is 6.08. The number of carbonyl (C=O) groups is 3. The molecule has 6 heteroatoms. The zero-order chi connectivity index (χ0) is 19.4. The van der Waals surface area contributed by atoms with Gasteiger partial charge >= 0.3 is 5.97 Å². The van der Waals surface area contributed by atoms with Gasteiger partial charge in [-0.2, -0.15) is 0 Å². The summed E-state index contributed by atoms with van der Waals surface area (Å²) in [6, 6.07) is 15.5. The number of hydrogen-bond donors (Lipinski definition) is 0. The summed E-state index contributed by atoms with van der Waals surface area (Å²) in [5.74, 6) is -1.35. The fraction of sp³-hybridized carbons (Fsp3) is 0.190. The van der Waals surface area contributed by atoms with Crippen LogP contribution in [0.4, 0.5) is 0 Å². The first-order chi connectivity index (χ1) is 13.0. The van der Waals surface area contributed by atoms with Gasteiger partial charge in [0, 0.05) is 0 Å². The molecule has 27 heavy (non-hydrogen) atoms. The highest BCUT2D eigenvalue weighted by Gasteiger charge is 2.37. The molecule has 0 saturated carbocycles. The van der Waals surface area contributed by atoms with E-state index in [0.717, 1.165) is 11.3 Å². The summed E-state index contributed by atoms with van der Waals surface area (Å²) < 4.78 is 5.08. The molecule has 1 aliphatic heterocycles. The van der Waals surface area contributed by atoms with Crippen molar-refractivity contribution in [3.05, 3.63) is 76.3 Å². The highest BCUT2D eigenvalue weighted by molar-refractivity contribution is 6.55. The number of halogens is 1. The van der Waals surface area contributed by atoms with Gasteiger partial charge in [-0.3, -0.25) is 14.5 Å². The van der Waals surface area contributed by atoms with Crippen molar-refractivity contribution in [2.75, 3.05) is 6.61 Å². The molecule has 138 valence electrons. The second kappa shape index (κ2) is 8.18. The molecule has 1 heterocycles. The van der Waals surface area contributed by atoms with E-state index in [9.17, 15) is 14.4 Å². The quantitative estimate of drug-likeness (QED) is 0.562. The van der Waals surface area contributed by atoms with Crippen LogP contribution in [-0.4, -0.2) is 29.3 Å². The average molecular weight is 384 g/mol. The molecule has 0 unspecified atom stereocenters. The Labute approximate surface area is 162 Å². The standard InChI is InChI=1S/C21H18ClNO4/c1-2-12-27-21(26)16-10-8-14(9-11-16)13-23-19(24)17(18(22)20(23)25)15-6-4-3-5-7-15/h3-11H,2,12-13H2,1H3. The molecule has 0 atom stereocenters. The molecule has 2 amide bonds. The zero-order valence-electron chi connectivity index (χ0n) is 14.8. The van der Waals surface area contributed by atoms with Gasteiger partial charge in [0.15, 0.2) is 0 Å². The molecule has 1 aliphatic rings. The van der Waals surface area contributed by atoms with Crippen LogP contribution in [0, 0.1) is 0 Å².